The summed E-state index contributed by atoms with van der Waals surface area (Å²) in [4.78, 5) is 21.9. The highest BCUT2D eigenvalue weighted by atomic mass is 32.2. The second-order valence-electron chi connectivity index (χ2n) is 15.8. The van der Waals surface area contributed by atoms with Crippen LogP contribution in [0.15, 0.2) is 23.0 Å². The van der Waals surface area contributed by atoms with Crippen LogP contribution in [0.4, 0.5) is 0 Å². The Morgan fingerprint density at radius 1 is 1.00 bits per heavy atom. The van der Waals surface area contributed by atoms with Crippen molar-refractivity contribution in [3.8, 4) is 0 Å². The summed E-state index contributed by atoms with van der Waals surface area (Å²) in [6.07, 6.45) is 13.0. The van der Waals surface area contributed by atoms with Crippen molar-refractivity contribution in [2.45, 2.75) is 110 Å². The maximum absolute atomic E-state index is 12.9. The molecule has 7 heteroatoms. The van der Waals surface area contributed by atoms with Gasteiger partial charge >= 0.3 is 5.97 Å². The Labute approximate surface area is 240 Å². The van der Waals surface area contributed by atoms with E-state index in [0.29, 0.717) is 23.7 Å². The molecular formula is C33H48N2O4S. The number of sulfone groups is 1. The zero-order valence-electron chi connectivity index (χ0n) is 25.7. The molecule has 1 aromatic heterocycles. The first-order chi connectivity index (χ1) is 18.4. The smallest absolute Gasteiger partial charge is 0.310 e. The summed E-state index contributed by atoms with van der Waals surface area (Å²) in [5.74, 6) is 1.25. The van der Waals surface area contributed by atoms with E-state index in [-0.39, 0.29) is 32.7 Å². The van der Waals surface area contributed by atoms with Crippen LogP contribution in [0.25, 0.3) is 0 Å². The number of carbonyl (C=O) groups is 1. The minimum absolute atomic E-state index is 0.0112. The Hall–Kier alpha value is -1.76. The molecule has 1 N–H and O–H groups in total. The van der Waals surface area contributed by atoms with Crippen molar-refractivity contribution in [1.82, 2.24) is 9.97 Å². The summed E-state index contributed by atoms with van der Waals surface area (Å²) < 4.78 is 24.6. The topological polar surface area (TPSA) is 97.2 Å². The van der Waals surface area contributed by atoms with E-state index in [1.807, 2.05) is 0 Å². The Bertz CT molecular complexity index is 1420. The van der Waals surface area contributed by atoms with Crippen LogP contribution in [0, 0.1) is 51.2 Å². The van der Waals surface area contributed by atoms with Gasteiger partial charge in [-0.05, 0) is 103 Å². The third kappa shape index (κ3) is 3.39. The molecule has 3 saturated carbocycles. The van der Waals surface area contributed by atoms with Crippen molar-refractivity contribution in [2.24, 2.45) is 51.2 Å². The molecule has 40 heavy (non-hydrogen) atoms. The Morgan fingerprint density at radius 3 is 2.35 bits per heavy atom. The van der Waals surface area contributed by atoms with Crippen LogP contribution in [-0.2, 0) is 26.5 Å². The fourth-order valence-electron chi connectivity index (χ4n) is 11.5. The van der Waals surface area contributed by atoms with Gasteiger partial charge in [0.2, 0.25) is 15.0 Å². The number of aromatic nitrogens is 2. The van der Waals surface area contributed by atoms with E-state index in [2.05, 4.69) is 64.5 Å². The number of hydrogen-bond acceptors (Lipinski definition) is 5. The van der Waals surface area contributed by atoms with E-state index < -0.39 is 21.2 Å². The first-order valence-corrected chi connectivity index (χ1v) is 17.3. The predicted octanol–water partition coefficient (Wildman–Crippen LogP) is 6.64. The Balaban J connectivity index is 1.47. The van der Waals surface area contributed by atoms with E-state index in [1.54, 1.807) is 6.20 Å². The Morgan fingerprint density at radius 2 is 1.70 bits per heavy atom. The third-order valence-electron chi connectivity index (χ3n) is 13.9. The zero-order valence-corrected chi connectivity index (χ0v) is 26.5. The van der Waals surface area contributed by atoms with Gasteiger partial charge in [0.25, 0.3) is 0 Å². The first kappa shape index (κ1) is 28.4. The molecule has 0 unspecified atom stereocenters. The minimum Gasteiger partial charge on any atom is -0.481 e. The van der Waals surface area contributed by atoms with Gasteiger partial charge < -0.3 is 5.11 Å². The summed E-state index contributed by atoms with van der Waals surface area (Å²) in [6, 6.07) is 0. The van der Waals surface area contributed by atoms with E-state index in [4.69, 9.17) is 0 Å². The lowest BCUT2D eigenvalue weighted by Gasteiger charge is -2.70. The van der Waals surface area contributed by atoms with Crippen LogP contribution in [-0.4, -0.2) is 35.7 Å². The summed E-state index contributed by atoms with van der Waals surface area (Å²) in [7, 11) is -3.48. The quantitative estimate of drug-likeness (QED) is 0.317. The number of hydrogen-bond donors (Lipinski definition) is 1. The van der Waals surface area contributed by atoms with Crippen LogP contribution in [0.3, 0.4) is 0 Å². The highest BCUT2D eigenvalue weighted by Crippen LogP contribution is 2.75. The predicted molar refractivity (Wildman–Crippen MR) is 155 cm³/mol. The molecule has 6 nitrogen and oxygen atoms in total. The van der Waals surface area contributed by atoms with Gasteiger partial charge in [-0.1, -0.05) is 60.1 Å². The maximum atomic E-state index is 12.9. The largest absolute Gasteiger partial charge is 0.481 e. The van der Waals surface area contributed by atoms with E-state index in [9.17, 15) is 18.3 Å². The molecule has 1 heterocycles. The minimum atomic E-state index is -3.48. The lowest BCUT2D eigenvalue weighted by atomic mass is 9.33. The van der Waals surface area contributed by atoms with Crippen molar-refractivity contribution in [1.29, 1.82) is 0 Å². The number of carboxylic acid groups (broad SMARTS) is 1. The van der Waals surface area contributed by atoms with Gasteiger partial charge in [-0.25, -0.2) is 18.4 Å². The van der Waals surface area contributed by atoms with Crippen molar-refractivity contribution in [3.05, 3.63) is 29.1 Å². The molecule has 5 aliphatic rings. The summed E-state index contributed by atoms with van der Waals surface area (Å²) >= 11 is 0. The molecule has 0 aliphatic heterocycles. The standard InChI is InChI=1S/C33H48N2O4S/c1-19-11-14-33(27(36)37)16-15-31(6)22(25(33)20(19)2)9-10-24-30(5)17-21-18-34-28(40(8,38)39)35-26(21)29(3,4)23(30)12-13-32(24,31)7/h9,18-20,23-25H,10-17H2,1-8H3,(H,36,37)/t19-,20+,23+,24-,25+,30+,31-,32-,33+/m1/s1. The number of fused-ring (bicyclic) bond motifs is 8. The monoisotopic (exact) mass is 568 g/mol. The van der Waals surface area contributed by atoms with E-state index in [0.717, 1.165) is 62.6 Å². The number of rotatable bonds is 2. The second-order valence-corrected chi connectivity index (χ2v) is 17.7. The van der Waals surface area contributed by atoms with E-state index >= 15 is 0 Å². The van der Waals surface area contributed by atoms with Gasteiger partial charge in [0.15, 0.2) is 0 Å². The molecule has 6 rings (SSSR count). The molecule has 0 amide bonds. The number of aliphatic carboxylic acids is 1. The van der Waals surface area contributed by atoms with Gasteiger partial charge in [-0.15, -0.1) is 0 Å². The van der Waals surface area contributed by atoms with Crippen molar-refractivity contribution < 1.29 is 18.3 Å². The molecule has 220 valence electrons. The van der Waals surface area contributed by atoms with Crippen LogP contribution in [0.2, 0.25) is 0 Å². The normalized spacial score (nSPS) is 45.6. The summed E-state index contributed by atoms with van der Waals surface area (Å²) in [6.45, 7) is 16.6. The number of allylic oxidation sites excluding steroid dienone is 2. The molecule has 3 fully saturated rings. The van der Waals surface area contributed by atoms with Crippen LogP contribution < -0.4 is 0 Å². The highest BCUT2D eigenvalue weighted by molar-refractivity contribution is 7.90. The van der Waals surface area contributed by atoms with Gasteiger partial charge in [0.1, 0.15) is 0 Å². The van der Waals surface area contributed by atoms with Crippen LogP contribution in [0.5, 0.6) is 0 Å². The van der Waals surface area contributed by atoms with Gasteiger partial charge in [0, 0.05) is 17.9 Å². The molecule has 1 aromatic rings. The lowest BCUT2D eigenvalue weighted by Crippen LogP contribution is -2.65. The molecule has 5 aliphatic carbocycles. The fourth-order valence-corrected chi connectivity index (χ4v) is 12.0. The molecule has 0 aromatic carbocycles. The Kier molecular flexibility index (Phi) is 5.97. The second kappa shape index (κ2) is 8.41. The molecule has 0 radical (unpaired) electrons. The molecular weight excluding hydrogens is 520 g/mol. The van der Waals surface area contributed by atoms with Crippen molar-refractivity contribution in [3.63, 3.8) is 0 Å². The molecule has 0 bridgehead atoms. The number of nitrogens with zero attached hydrogens (tertiary/aromatic N) is 2. The fraction of sp³-hybridized carbons (Fsp3) is 0.788. The molecule has 0 spiro atoms. The van der Waals surface area contributed by atoms with Gasteiger partial charge in [-0.3, -0.25) is 4.79 Å². The van der Waals surface area contributed by atoms with Crippen molar-refractivity contribution in [2.75, 3.05) is 6.26 Å². The zero-order chi connectivity index (χ0) is 29.3. The van der Waals surface area contributed by atoms with Gasteiger partial charge in [-0.2, -0.15) is 0 Å². The van der Waals surface area contributed by atoms with Crippen molar-refractivity contribution >= 4 is 15.8 Å². The van der Waals surface area contributed by atoms with Crippen LogP contribution >= 0.6 is 0 Å². The number of carboxylic acids is 1. The maximum Gasteiger partial charge on any atom is 0.310 e. The summed E-state index contributed by atoms with van der Waals surface area (Å²) in [5.41, 5.74) is 2.60. The summed E-state index contributed by atoms with van der Waals surface area (Å²) in [5, 5.41) is 10.6. The first-order valence-electron chi connectivity index (χ1n) is 15.4. The lowest BCUT2D eigenvalue weighted by molar-refractivity contribution is -0.179. The molecule has 9 atom stereocenters. The highest BCUT2D eigenvalue weighted by Gasteiger charge is 2.69. The average molecular weight is 569 g/mol. The molecule has 0 saturated heterocycles. The SMILES string of the molecule is C[C@H]1[C@H](C)CC[C@]2(C(=O)O)CC[C@]3(C)C(=CC[C@@H]4[C@@]5(C)Cc6cnc(S(C)(=O)=O)nc6C(C)(C)[C@@H]5CC[C@]43C)[C@H]12. The third-order valence-corrected chi connectivity index (χ3v) is 14.8. The van der Waals surface area contributed by atoms with E-state index in [1.165, 1.54) is 11.8 Å². The van der Waals surface area contributed by atoms with Gasteiger partial charge in [0.05, 0.1) is 11.1 Å². The van der Waals surface area contributed by atoms with Crippen LogP contribution in [0.1, 0.15) is 105 Å². The average Bonchev–Trinajstić information content (AvgIpc) is 2.85.